The molecule has 1 saturated heterocycles. The molecule has 4 heterocycles. The zero-order valence-corrected chi connectivity index (χ0v) is 17.8. The maximum absolute atomic E-state index is 13.1. The summed E-state index contributed by atoms with van der Waals surface area (Å²) >= 11 is 0. The van der Waals surface area contributed by atoms with E-state index in [0.29, 0.717) is 24.1 Å². The molecule has 170 valence electrons. The number of benzene rings is 1. The highest BCUT2D eigenvalue weighted by Gasteiger charge is 2.33. The summed E-state index contributed by atoms with van der Waals surface area (Å²) in [5.74, 6) is -0.0889. The zero-order valence-electron chi connectivity index (χ0n) is 17.8. The number of fused-ring (bicyclic) bond motifs is 3. The van der Waals surface area contributed by atoms with Crippen LogP contribution in [0.5, 0.6) is 0 Å². The van der Waals surface area contributed by atoms with Crippen molar-refractivity contribution in [2.75, 3.05) is 13.1 Å². The molecular weight excluding hydrogens is 433 g/mol. The van der Waals surface area contributed by atoms with E-state index in [1.165, 1.54) is 18.2 Å². The zero-order chi connectivity index (χ0) is 23.3. The fraction of sp³-hybridized carbons (Fsp3) is 0.292. The summed E-state index contributed by atoms with van der Waals surface area (Å²) < 4.78 is 40.7. The van der Waals surface area contributed by atoms with Crippen LogP contribution in [-0.4, -0.2) is 38.4 Å². The van der Waals surface area contributed by atoms with Crippen LogP contribution in [0.3, 0.4) is 0 Å². The Balaban J connectivity index is 1.51. The van der Waals surface area contributed by atoms with Gasteiger partial charge in [0.2, 0.25) is 0 Å². The van der Waals surface area contributed by atoms with Gasteiger partial charge in [-0.1, -0.05) is 6.92 Å². The van der Waals surface area contributed by atoms with Gasteiger partial charge in [-0.15, -0.1) is 0 Å². The predicted molar refractivity (Wildman–Crippen MR) is 118 cm³/mol. The Kier molecular flexibility index (Phi) is 4.99. The number of amides is 1. The Hall–Kier alpha value is -3.62. The first-order chi connectivity index (χ1) is 15.7. The number of rotatable bonds is 2. The molecular formula is C24H21F3N4O2. The van der Waals surface area contributed by atoms with Gasteiger partial charge in [0, 0.05) is 48.7 Å². The van der Waals surface area contributed by atoms with E-state index in [9.17, 15) is 22.8 Å². The fourth-order valence-corrected chi connectivity index (χ4v) is 4.62. The quantitative estimate of drug-likeness (QED) is 0.481. The van der Waals surface area contributed by atoms with E-state index >= 15 is 0 Å². The minimum absolute atomic E-state index is 0.110. The molecule has 1 aromatic carbocycles. The number of aromatic nitrogens is 3. The SMILES string of the molecule is CC1CCN(C(=O)c2ccc(C(F)(F)F)cc2)CC1n1ccc(=O)c2cnc3[nH]ccc3c21. The number of carbonyl (C=O) groups excluding carboxylic acids is 1. The van der Waals surface area contributed by atoms with Crippen LogP contribution in [0.4, 0.5) is 13.2 Å². The van der Waals surface area contributed by atoms with Crippen molar-refractivity contribution in [2.24, 2.45) is 5.92 Å². The summed E-state index contributed by atoms with van der Waals surface area (Å²) in [6.07, 6.45) is 1.36. The highest BCUT2D eigenvalue weighted by Crippen LogP contribution is 2.33. The van der Waals surface area contributed by atoms with Crippen molar-refractivity contribution in [3.63, 3.8) is 0 Å². The van der Waals surface area contributed by atoms with Crippen molar-refractivity contribution in [3.05, 3.63) is 76.3 Å². The number of nitrogens with zero attached hydrogens (tertiary/aromatic N) is 3. The first-order valence-corrected chi connectivity index (χ1v) is 10.7. The largest absolute Gasteiger partial charge is 0.416 e. The Morgan fingerprint density at radius 2 is 1.88 bits per heavy atom. The summed E-state index contributed by atoms with van der Waals surface area (Å²) in [5.41, 5.74) is 0.738. The van der Waals surface area contributed by atoms with Crippen LogP contribution in [0.25, 0.3) is 21.9 Å². The van der Waals surface area contributed by atoms with E-state index in [0.717, 1.165) is 29.5 Å². The monoisotopic (exact) mass is 454 g/mol. The number of halogens is 3. The second kappa shape index (κ2) is 7.75. The average molecular weight is 454 g/mol. The minimum Gasteiger partial charge on any atom is -0.346 e. The Bertz CT molecular complexity index is 1410. The van der Waals surface area contributed by atoms with E-state index < -0.39 is 11.7 Å². The van der Waals surface area contributed by atoms with Crippen LogP contribution in [0.1, 0.15) is 35.3 Å². The van der Waals surface area contributed by atoms with Crippen LogP contribution in [0.15, 0.2) is 59.8 Å². The molecule has 1 fully saturated rings. The maximum atomic E-state index is 13.1. The standard InChI is InChI=1S/C24H21F3N4O2/c1-14-7-10-30(23(33)15-2-4-16(5-3-15)24(25,26)27)13-19(14)31-11-8-20(32)18-12-29-22-17(21(18)31)6-9-28-22/h2-6,8-9,11-12,14,19H,7,10,13H2,1H3,(H,28,29). The lowest BCUT2D eigenvalue weighted by atomic mass is 9.92. The molecule has 0 aliphatic carbocycles. The van der Waals surface area contributed by atoms with E-state index in [2.05, 4.69) is 16.9 Å². The summed E-state index contributed by atoms with van der Waals surface area (Å²) in [6.45, 7) is 2.99. The normalized spacial score (nSPS) is 19.3. The van der Waals surface area contributed by atoms with E-state index in [1.807, 2.05) is 10.6 Å². The summed E-state index contributed by atoms with van der Waals surface area (Å²) in [7, 11) is 0. The van der Waals surface area contributed by atoms with Crippen LogP contribution >= 0.6 is 0 Å². The van der Waals surface area contributed by atoms with Crippen LogP contribution in [0, 0.1) is 5.92 Å². The van der Waals surface area contributed by atoms with Gasteiger partial charge < -0.3 is 14.5 Å². The average Bonchev–Trinajstić information content (AvgIpc) is 3.28. The number of H-pyrrole nitrogens is 1. The highest BCUT2D eigenvalue weighted by molar-refractivity contribution is 6.02. The molecule has 33 heavy (non-hydrogen) atoms. The van der Waals surface area contributed by atoms with Crippen LogP contribution in [-0.2, 0) is 6.18 Å². The second-order valence-electron chi connectivity index (χ2n) is 8.51. The first-order valence-electron chi connectivity index (χ1n) is 10.7. The smallest absolute Gasteiger partial charge is 0.346 e. The van der Waals surface area contributed by atoms with Crippen molar-refractivity contribution >= 4 is 27.8 Å². The van der Waals surface area contributed by atoms with Crippen molar-refractivity contribution in [3.8, 4) is 0 Å². The number of alkyl halides is 3. The van der Waals surface area contributed by atoms with E-state index in [1.54, 1.807) is 23.5 Å². The molecule has 5 rings (SSSR count). The molecule has 0 spiro atoms. The molecule has 1 N–H and O–H groups in total. The highest BCUT2D eigenvalue weighted by atomic mass is 19.4. The van der Waals surface area contributed by atoms with Gasteiger partial charge in [-0.3, -0.25) is 9.59 Å². The molecule has 0 saturated carbocycles. The Morgan fingerprint density at radius 1 is 1.12 bits per heavy atom. The van der Waals surface area contributed by atoms with Crippen LogP contribution in [0.2, 0.25) is 0 Å². The van der Waals surface area contributed by atoms with Gasteiger partial charge in [-0.2, -0.15) is 13.2 Å². The fourth-order valence-electron chi connectivity index (χ4n) is 4.62. The number of hydrogen-bond donors (Lipinski definition) is 1. The third-order valence-corrected chi connectivity index (χ3v) is 6.49. The van der Waals surface area contributed by atoms with Gasteiger partial charge in [-0.05, 0) is 42.7 Å². The lowest BCUT2D eigenvalue weighted by Crippen LogP contribution is -2.44. The topological polar surface area (TPSA) is 71.0 Å². The lowest BCUT2D eigenvalue weighted by molar-refractivity contribution is -0.137. The maximum Gasteiger partial charge on any atom is 0.416 e. The third-order valence-electron chi connectivity index (χ3n) is 6.49. The van der Waals surface area contributed by atoms with Crippen molar-refractivity contribution in [1.29, 1.82) is 0 Å². The number of carbonyl (C=O) groups is 1. The number of pyridine rings is 2. The third kappa shape index (κ3) is 3.67. The molecule has 2 atom stereocenters. The molecule has 2 unspecified atom stereocenters. The number of aromatic amines is 1. The van der Waals surface area contributed by atoms with E-state index in [4.69, 9.17) is 0 Å². The number of hydrogen-bond acceptors (Lipinski definition) is 3. The molecule has 1 amide bonds. The molecule has 1 aliphatic heterocycles. The predicted octanol–water partition coefficient (Wildman–Crippen LogP) is 4.62. The van der Waals surface area contributed by atoms with Gasteiger partial charge in [0.25, 0.3) is 5.91 Å². The molecule has 6 nitrogen and oxygen atoms in total. The van der Waals surface area contributed by atoms with Gasteiger partial charge in [0.1, 0.15) is 5.65 Å². The van der Waals surface area contributed by atoms with Crippen molar-refractivity contribution < 1.29 is 18.0 Å². The number of nitrogens with one attached hydrogen (secondary N) is 1. The molecule has 0 radical (unpaired) electrons. The Labute approximate surface area is 186 Å². The molecule has 3 aromatic heterocycles. The number of piperidine rings is 1. The lowest BCUT2D eigenvalue weighted by Gasteiger charge is -2.39. The van der Waals surface area contributed by atoms with Gasteiger partial charge in [0.05, 0.1) is 22.5 Å². The second-order valence-corrected chi connectivity index (χ2v) is 8.51. The Morgan fingerprint density at radius 3 is 2.61 bits per heavy atom. The molecule has 1 aliphatic rings. The van der Waals surface area contributed by atoms with E-state index in [-0.39, 0.29) is 28.9 Å². The molecule has 9 heteroatoms. The van der Waals surface area contributed by atoms with Gasteiger partial charge in [0.15, 0.2) is 5.43 Å². The van der Waals surface area contributed by atoms with Crippen molar-refractivity contribution in [2.45, 2.75) is 25.6 Å². The minimum atomic E-state index is -4.45. The van der Waals surface area contributed by atoms with Gasteiger partial charge in [-0.25, -0.2) is 4.98 Å². The van der Waals surface area contributed by atoms with Crippen molar-refractivity contribution in [1.82, 2.24) is 19.4 Å². The summed E-state index contributed by atoms with van der Waals surface area (Å²) in [4.78, 5) is 34.7. The first kappa shape index (κ1) is 21.2. The summed E-state index contributed by atoms with van der Waals surface area (Å²) in [6, 6.07) is 7.58. The molecule has 4 aromatic rings. The number of likely N-dealkylation sites (tertiary alicyclic amines) is 1. The van der Waals surface area contributed by atoms with Crippen LogP contribution < -0.4 is 5.43 Å². The summed E-state index contributed by atoms with van der Waals surface area (Å²) in [5, 5.41) is 1.33. The van der Waals surface area contributed by atoms with Gasteiger partial charge >= 0.3 is 6.18 Å². The molecule has 0 bridgehead atoms.